The van der Waals surface area contributed by atoms with Gasteiger partial charge in [-0.15, -0.1) is 0 Å². The van der Waals surface area contributed by atoms with E-state index in [9.17, 15) is 9.59 Å². The van der Waals surface area contributed by atoms with Crippen LogP contribution in [0, 0.1) is 0 Å². The lowest BCUT2D eigenvalue weighted by atomic mass is 9.70. The van der Waals surface area contributed by atoms with Gasteiger partial charge in [0, 0.05) is 0 Å². The molecule has 5 heteroatoms. The SMILES string of the molecule is CBc1ccc(C(=O)OCC)cc1C(=O)OCC. The molecule has 1 aromatic rings. The summed E-state index contributed by atoms with van der Waals surface area (Å²) in [5, 5.41) is 0. The average Bonchev–Trinajstić information content (AvgIpc) is 2.38. The van der Waals surface area contributed by atoms with Gasteiger partial charge in [-0.2, -0.15) is 0 Å². The van der Waals surface area contributed by atoms with Gasteiger partial charge in [-0.25, -0.2) is 9.59 Å². The van der Waals surface area contributed by atoms with E-state index in [4.69, 9.17) is 9.47 Å². The molecule has 0 spiro atoms. The summed E-state index contributed by atoms with van der Waals surface area (Å²) in [6.45, 7) is 6.06. The Balaban J connectivity index is 3.09. The first kappa shape index (κ1) is 14.3. The molecule has 0 aliphatic heterocycles. The van der Waals surface area contributed by atoms with Crippen LogP contribution in [0.15, 0.2) is 18.2 Å². The molecule has 0 unspecified atom stereocenters. The van der Waals surface area contributed by atoms with E-state index in [1.807, 2.05) is 6.82 Å². The van der Waals surface area contributed by atoms with Crippen LogP contribution in [0.3, 0.4) is 0 Å². The summed E-state index contributed by atoms with van der Waals surface area (Å²) in [6.07, 6.45) is 0. The van der Waals surface area contributed by atoms with E-state index < -0.39 is 11.9 Å². The molecule has 0 heterocycles. The number of ether oxygens (including phenoxy) is 2. The summed E-state index contributed by atoms with van der Waals surface area (Å²) in [7, 11) is 0.706. The molecule has 0 N–H and O–H groups in total. The smallest absolute Gasteiger partial charge is 0.338 e. The number of carbonyl (C=O) groups is 2. The minimum absolute atomic E-state index is 0.309. The van der Waals surface area contributed by atoms with Crippen LogP contribution in [-0.4, -0.2) is 32.4 Å². The summed E-state index contributed by atoms with van der Waals surface area (Å²) in [5.41, 5.74) is 1.67. The Morgan fingerprint density at radius 1 is 1.11 bits per heavy atom. The number of hydrogen-bond donors (Lipinski definition) is 0. The van der Waals surface area contributed by atoms with Crippen molar-refractivity contribution < 1.29 is 19.1 Å². The van der Waals surface area contributed by atoms with Gasteiger partial charge in [0.1, 0.15) is 0 Å². The number of rotatable bonds is 5. The molecule has 4 nitrogen and oxygen atoms in total. The van der Waals surface area contributed by atoms with Crippen molar-refractivity contribution in [3.8, 4) is 0 Å². The summed E-state index contributed by atoms with van der Waals surface area (Å²) >= 11 is 0. The molecule has 1 rings (SSSR count). The van der Waals surface area contributed by atoms with Crippen LogP contribution < -0.4 is 5.46 Å². The van der Waals surface area contributed by atoms with Crippen molar-refractivity contribution in [2.75, 3.05) is 13.2 Å². The second kappa shape index (κ2) is 6.84. The fourth-order valence-corrected chi connectivity index (χ4v) is 1.63. The van der Waals surface area contributed by atoms with Gasteiger partial charge in [-0.3, -0.25) is 0 Å². The van der Waals surface area contributed by atoms with Gasteiger partial charge in [0.25, 0.3) is 0 Å². The summed E-state index contributed by atoms with van der Waals surface area (Å²) in [4.78, 5) is 23.4. The van der Waals surface area contributed by atoms with Crippen LogP contribution in [0.5, 0.6) is 0 Å². The van der Waals surface area contributed by atoms with E-state index in [0.717, 1.165) is 5.46 Å². The zero-order valence-corrected chi connectivity index (χ0v) is 11.0. The van der Waals surface area contributed by atoms with Gasteiger partial charge in [-0.1, -0.05) is 18.4 Å². The molecule has 0 aliphatic carbocycles. The van der Waals surface area contributed by atoms with Crippen molar-refractivity contribution in [1.29, 1.82) is 0 Å². The molecule has 0 aliphatic rings. The molecule has 0 radical (unpaired) electrons. The molecule has 1 aromatic carbocycles. The molecule has 0 amide bonds. The van der Waals surface area contributed by atoms with Crippen LogP contribution in [0.2, 0.25) is 6.82 Å². The monoisotopic (exact) mass is 248 g/mol. The maximum absolute atomic E-state index is 11.8. The summed E-state index contributed by atoms with van der Waals surface area (Å²) in [5.74, 6) is -0.828. The molecular weight excluding hydrogens is 231 g/mol. The Hall–Kier alpha value is -1.78. The Kier molecular flexibility index (Phi) is 5.43. The van der Waals surface area contributed by atoms with Gasteiger partial charge in [0.2, 0.25) is 0 Å². The van der Waals surface area contributed by atoms with Crippen molar-refractivity contribution in [3.05, 3.63) is 29.3 Å². The number of benzene rings is 1. The van der Waals surface area contributed by atoms with Gasteiger partial charge >= 0.3 is 11.9 Å². The summed E-state index contributed by atoms with van der Waals surface area (Å²) in [6, 6.07) is 4.97. The van der Waals surface area contributed by atoms with Gasteiger partial charge < -0.3 is 9.47 Å². The minimum Gasteiger partial charge on any atom is -0.462 e. The first-order valence-corrected chi connectivity index (χ1v) is 6.11. The standard InChI is InChI=1S/C13H17BO4/c1-4-17-12(15)9-6-7-11(14-3)10(8-9)13(16)18-5-2/h6-8,14H,4-5H2,1-3H3. The quantitative estimate of drug-likeness (QED) is 0.579. The van der Waals surface area contributed by atoms with Crippen molar-refractivity contribution in [2.24, 2.45) is 0 Å². The molecular formula is C13H17BO4. The maximum atomic E-state index is 11.8. The zero-order valence-electron chi connectivity index (χ0n) is 11.0. The Morgan fingerprint density at radius 2 is 1.72 bits per heavy atom. The third-order valence-electron chi connectivity index (χ3n) is 2.50. The maximum Gasteiger partial charge on any atom is 0.338 e. The van der Waals surface area contributed by atoms with E-state index in [-0.39, 0.29) is 0 Å². The van der Waals surface area contributed by atoms with Crippen molar-refractivity contribution in [2.45, 2.75) is 20.7 Å². The van der Waals surface area contributed by atoms with E-state index in [1.54, 1.807) is 26.0 Å². The highest BCUT2D eigenvalue weighted by molar-refractivity contribution is 6.54. The zero-order chi connectivity index (χ0) is 13.5. The molecule has 96 valence electrons. The average molecular weight is 248 g/mol. The van der Waals surface area contributed by atoms with Crippen molar-refractivity contribution >= 4 is 24.7 Å². The Morgan fingerprint density at radius 3 is 2.28 bits per heavy atom. The summed E-state index contributed by atoms with van der Waals surface area (Å²) < 4.78 is 9.88. The largest absolute Gasteiger partial charge is 0.462 e. The van der Waals surface area contributed by atoms with E-state index in [2.05, 4.69) is 0 Å². The Bertz CT molecular complexity index is 443. The normalized spacial score (nSPS) is 9.72. The van der Waals surface area contributed by atoms with E-state index in [1.165, 1.54) is 6.07 Å². The second-order valence-corrected chi connectivity index (χ2v) is 3.67. The fourth-order valence-electron chi connectivity index (χ4n) is 1.63. The lowest BCUT2D eigenvalue weighted by Gasteiger charge is -2.09. The molecule has 0 aromatic heterocycles. The van der Waals surface area contributed by atoms with Crippen LogP contribution >= 0.6 is 0 Å². The third kappa shape index (κ3) is 3.36. The predicted octanol–water partition coefficient (Wildman–Crippen LogP) is 1.15. The van der Waals surface area contributed by atoms with Crippen LogP contribution in [0.25, 0.3) is 0 Å². The number of esters is 2. The van der Waals surface area contributed by atoms with Crippen molar-refractivity contribution in [3.63, 3.8) is 0 Å². The highest BCUT2D eigenvalue weighted by atomic mass is 16.5. The van der Waals surface area contributed by atoms with Gasteiger partial charge in [0.05, 0.1) is 24.3 Å². The minimum atomic E-state index is -0.425. The molecule has 0 fully saturated rings. The Labute approximate surface area is 108 Å². The highest BCUT2D eigenvalue weighted by Crippen LogP contribution is 2.07. The molecule has 0 saturated carbocycles. The van der Waals surface area contributed by atoms with Crippen LogP contribution in [0.4, 0.5) is 0 Å². The highest BCUT2D eigenvalue weighted by Gasteiger charge is 2.15. The first-order valence-electron chi connectivity index (χ1n) is 6.11. The molecule has 0 atom stereocenters. The first-order chi connectivity index (χ1) is 8.63. The van der Waals surface area contributed by atoms with Crippen LogP contribution in [-0.2, 0) is 9.47 Å². The topological polar surface area (TPSA) is 52.6 Å². The van der Waals surface area contributed by atoms with E-state index >= 15 is 0 Å². The van der Waals surface area contributed by atoms with Crippen LogP contribution in [0.1, 0.15) is 34.6 Å². The molecule has 18 heavy (non-hydrogen) atoms. The second-order valence-electron chi connectivity index (χ2n) is 3.67. The van der Waals surface area contributed by atoms with Gasteiger partial charge in [-0.05, 0) is 26.0 Å². The third-order valence-corrected chi connectivity index (χ3v) is 2.50. The van der Waals surface area contributed by atoms with E-state index in [0.29, 0.717) is 31.6 Å². The number of carbonyl (C=O) groups excluding carboxylic acids is 2. The lowest BCUT2D eigenvalue weighted by molar-refractivity contribution is 0.0526. The molecule has 0 bridgehead atoms. The predicted molar refractivity (Wildman–Crippen MR) is 71.0 cm³/mol. The fraction of sp³-hybridized carbons (Fsp3) is 0.385. The number of hydrogen-bond acceptors (Lipinski definition) is 4. The van der Waals surface area contributed by atoms with Crippen molar-refractivity contribution in [1.82, 2.24) is 0 Å². The van der Waals surface area contributed by atoms with Gasteiger partial charge in [0.15, 0.2) is 7.28 Å². The molecule has 0 saturated heterocycles. The lowest BCUT2D eigenvalue weighted by Crippen LogP contribution is -2.23.